The molecule has 120 valence electrons. The van der Waals surface area contributed by atoms with E-state index in [1.54, 1.807) is 16.7 Å². The minimum absolute atomic E-state index is 0.185. The van der Waals surface area contributed by atoms with Crippen molar-refractivity contribution in [2.75, 3.05) is 19.3 Å². The summed E-state index contributed by atoms with van der Waals surface area (Å²) in [5.74, 6) is 0.185. The topological polar surface area (TPSA) is 79.0 Å². The average molecular weight is 330 g/mol. The molecule has 4 heterocycles. The first kappa shape index (κ1) is 14.6. The number of sulfonamides is 1. The highest BCUT2D eigenvalue weighted by atomic mass is 32.2. The number of hydrogen-bond donors (Lipinski definition) is 1. The van der Waals surface area contributed by atoms with Crippen LogP contribution in [0.15, 0.2) is 30.7 Å². The van der Waals surface area contributed by atoms with E-state index in [1.807, 2.05) is 18.3 Å². The Morgan fingerprint density at radius 2 is 2.17 bits per heavy atom. The summed E-state index contributed by atoms with van der Waals surface area (Å²) in [6.45, 7) is 1.14. The normalized spacial score (nSPS) is 20.3. The molecule has 6 nitrogen and oxygen atoms in total. The van der Waals surface area contributed by atoms with Gasteiger partial charge in [0.2, 0.25) is 10.0 Å². The minimum atomic E-state index is -3.15. The number of aromatic nitrogens is 3. The van der Waals surface area contributed by atoms with Gasteiger partial charge in [-0.25, -0.2) is 17.7 Å². The lowest BCUT2D eigenvalue weighted by Crippen LogP contribution is -2.38. The highest BCUT2D eigenvalue weighted by Gasteiger charge is 2.28. The fourth-order valence-corrected chi connectivity index (χ4v) is 4.43. The Morgan fingerprint density at radius 1 is 1.30 bits per heavy atom. The summed E-state index contributed by atoms with van der Waals surface area (Å²) in [6, 6.07) is 4.03. The quantitative estimate of drug-likeness (QED) is 0.781. The van der Waals surface area contributed by atoms with Crippen LogP contribution in [-0.2, 0) is 10.0 Å². The SMILES string of the molecule is CS(=O)(=O)N1CCC[C@@H](c2ccnc3cnc4[nH]ccc4c23)C1. The van der Waals surface area contributed by atoms with Gasteiger partial charge in [0, 0.05) is 36.3 Å². The lowest BCUT2D eigenvalue weighted by atomic mass is 9.89. The van der Waals surface area contributed by atoms with E-state index < -0.39 is 10.0 Å². The van der Waals surface area contributed by atoms with Gasteiger partial charge in [-0.2, -0.15) is 0 Å². The second-order valence-corrected chi connectivity index (χ2v) is 8.10. The van der Waals surface area contributed by atoms with E-state index in [0.717, 1.165) is 40.3 Å². The van der Waals surface area contributed by atoms with Crippen LogP contribution < -0.4 is 0 Å². The van der Waals surface area contributed by atoms with Crippen molar-refractivity contribution in [3.05, 3.63) is 36.3 Å². The number of nitrogens with one attached hydrogen (secondary N) is 1. The van der Waals surface area contributed by atoms with E-state index in [-0.39, 0.29) is 5.92 Å². The highest BCUT2D eigenvalue weighted by molar-refractivity contribution is 7.88. The standard InChI is InChI=1S/C16H18N4O2S/c1-23(21,22)20-8-2-3-11(10-20)12-4-6-17-14-9-19-16-13(15(12)14)5-7-18-16/h4-7,9,11H,2-3,8,10H2,1H3,(H,18,19)/t11-/m1/s1. The zero-order chi connectivity index (χ0) is 16.0. The Bertz CT molecular complexity index is 980. The maximum absolute atomic E-state index is 11.9. The molecule has 3 aromatic heterocycles. The molecule has 23 heavy (non-hydrogen) atoms. The van der Waals surface area contributed by atoms with Gasteiger partial charge in [0.1, 0.15) is 5.65 Å². The summed E-state index contributed by atoms with van der Waals surface area (Å²) in [5, 5.41) is 2.13. The van der Waals surface area contributed by atoms with E-state index in [9.17, 15) is 8.42 Å². The van der Waals surface area contributed by atoms with Gasteiger partial charge in [-0.1, -0.05) is 0 Å². The van der Waals surface area contributed by atoms with E-state index in [1.165, 1.54) is 6.26 Å². The van der Waals surface area contributed by atoms with Gasteiger partial charge in [-0.3, -0.25) is 4.98 Å². The van der Waals surface area contributed by atoms with Crippen molar-refractivity contribution in [2.45, 2.75) is 18.8 Å². The largest absolute Gasteiger partial charge is 0.346 e. The third kappa shape index (κ3) is 2.49. The Morgan fingerprint density at radius 3 is 3.00 bits per heavy atom. The zero-order valence-electron chi connectivity index (χ0n) is 12.9. The molecule has 0 aliphatic carbocycles. The van der Waals surface area contributed by atoms with Gasteiger partial charge in [-0.05, 0) is 36.5 Å². The van der Waals surface area contributed by atoms with Crippen molar-refractivity contribution in [1.29, 1.82) is 0 Å². The van der Waals surface area contributed by atoms with Crippen molar-refractivity contribution < 1.29 is 8.42 Å². The van der Waals surface area contributed by atoms with Crippen LogP contribution in [0.1, 0.15) is 24.3 Å². The monoisotopic (exact) mass is 330 g/mol. The number of H-pyrrole nitrogens is 1. The van der Waals surface area contributed by atoms with Crippen molar-refractivity contribution >= 4 is 32.0 Å². The molecule has 0 unspecified atom stereocenters. The molecule has 1 aliphatic rings. The number of pyridine rings is 2. The van der Waals surface area contributed by atoms with Crippen LogP contribution in [0.3, 0.4) is 0 Å². The fraction of sp³-hybridized carbons (Fsp3) is 0.375. The Balaban J connectivity index is 1.86. The van der Waals surface area contributed by atoms with Gasteiger partial charge < -0.3 is 4.98 Å². The first-order valence-corrected chi connectivity index (χ1v) is 9.55. The second-order valence-electron chi connectivity index (χ2n) is 6.12. The minimum Gasteiger partial charge on any atom is -0.346 e. The number of rotatable bonds is 2. The smallest absolute Gasteiger partial charge is 0.211 e. The first-order valence-electron chi connectivity index (χ1n) is 7.70. The third-order valence-corrected chi connectivity index (χ3v) is 5.89. The van der Waals surface area contributed by atoms with Crippen LogP contribution in [0.25, 0.3) is 21.9 Å². The summed E-state index contributed by atoms with van der Waals surface area (Å²) in [7, 11) is -3.15. The van der Waals surface area contributed by atoms with Crippen molar-refractivity contribution in [1.82, 2.24) is 19.3 Å². The molecular formula is C16H18N4O2S. The van der Waals surface area contributed by atoms with Gasteiger partial charge >= 0.3 is 0 Å². The third-order valence-electron chi connectivity index (χ3n) is 4.62. The van der Waals surface area contributed by atoms with Crippen LogP contribution >= 0.6 is 0 Å². The molecule has 1 fully saturated rings. The van der Waals surface area contributed by atoms with Gasteiger partial charge in [0.25, 0.3) is 0 Å². The lowest BCUT2D eigenvalue weighted by molar-refractivity contribution is 0.318. The number of hydrogen-bond acceptors (Lipinski definition) is 4. The van der Waals surface area contributed by atoms with Crippen molar-refractivity contribution in [2.24, 2.45) is 0 Å². The molecule has 0 saturated carbocycles. The average Bonchev–Trinajstić information content (AvgIpc) is 3.02. The molecule has 0 amide bonds. The molecular weight excluding hydrogens is 312 g/mol. The number of nitrogens with zero attached hydrogens (tertiary/aromatic N) is 3. The summed E-state index contributed by atoms with van der Waals surface area (Å²) in [6.07, 6.45) is 8.58. The maximum Gasteiger partial charge on any atom is 0.211 e. The lowest BCUT2D eigenvalue weighted by Gasteiger charge is -2.31. The second kappa shape index (κ2) is 5.28. The molecule has 7 heteroatoms. The van der Waals surface area contributed by atoms with Crippen LogP contribution in [0, 0.1) is 0 Å². The number of fused-ring (bicyclic) bond motifs is 3. The summed E-state index contributed by atoms with van der Waals surface area (Å²) in [4.78, 5) is 11.9. The molecule has 1 atom stereocenters. The van der Waals surface area contributed by atoms with E-state index >= 15 is 0 Å². The summed E-state index contributed by atoms with van der Waals surface area (Å²) in [5.41, 5.74) is 2.85. The summed E-state index contributed by atoms with van der Waals surface area (Å²) >= 11 is 0. The van der Waals surface area contributed by atoms with Crippen LogP contribution in [0.2, 0.25) is 0 Å². The van der Waals surface area contributed by atoms with Crippen LogP contribution in [0.5, 0.6) is 0 Å². The zero-order valence-corrected chi connectivity index (χ0v) is 13.7. The molecule has 0 bridgehead atoms. The highest BCUT2D eigenvalue weighted by Crippen LogP contribution is 2.34. The molecule has 0 radical (unpaired) electrons. The molecule has 0 spiro atoms. The summed E-state index contributed by atoms with van der Waals surface area (Å²) < 4.78 is 25.4. The van der Waals surface area contributed by atoms with Gasteiger partial charge in [0.05, 0.1) is 18.0 Å². The van der Waals surface area contributed by atoms with E-state index in [4.69, 9.17) is 0 Å². The number of aromatic amines is 1. The maximum atomic E-state index is 11.9. The van der Waals surface area contributed by atoms with Gasteiger partial charge in [-0.15, -0.1) is 0 Å². The van der Waals surface area contributed by atoms with Gasteiger partial charge in [0.15, 0.2) is 0 Å². The predicted molar refractivity (Wildman–Crippen MR) is 89.8 cm³/mol. The van der Waals surface area contributed by atoms with Crippen LogP contribution in [-0.4, -0.2) is 47.0 Å². The fourth-order valence-electron chi connectivity index (χ4n) is 3.52. The molecule has 1 N–H and O–H groups in total. The molecule has 4 rings (SSSR count). The Labute approximate surface area is 134 Å². The molecule has 1 saturated heterocycles. The molecule has 1 aliphatic heterocycles. The van der Waals surface area contributed by atoms with E-state index in [0.29, 0.717) is 13.1 Å². The molecule has 0 aromatic carbocycles. The Hall–Kier alpha value is -1.99. The van der Waals surface area contributed by atoms with E-state index in [2.05, 4.69) is 15.0 Å². The Kier molecular flexibility index (Phi) is 3.35. The van der Waals surface area contributed by atoms with Crippen LogP contribution in [0.4, 0.5) is 0 Å². The van der Waals surface area contributed by atoms with Crippen molar-refractivity contribution in [3.8, 4) is 0 Å². The first-order chi connectivity index (χ1) is 11.0. The molecule has 3 aromatic rings. The number of piperidine rings is 1. The van der Waals surface area contributed by atoms with Crippen molar-refractivity contribution in [3.63, 3.8) is 0 Å². The predicted octanol–water partition coefficient (Wildman–Crippen LogP) is 2.25.